The lowest BCUT2D eigenvalue weighted by Crippen LogP contribution is -2.53. The standard InChI is InChI=1S/C32H38ClN3O4S/c1-3-26-14-10-11-20-30(26)36(41(39,40)29-18-8-5-9-19-29)23-31(37)35(22-25-13-12-15-27(33)21-25)24(2)32(38)34-28-16-6-4-7-17-28/h5,8-15,18-21,24,28H,3-4,6-7,16-17,22-23H2,1-2H3,(H,34,38)/t24-/m1/s1. The summed E-state index contributed by atoms with van der Waals surface area (Å²) in [5.74, 6) is -0.736. The van der Waals surface area contributed by atoms with Crippen molar-refractivity contribution in [3.8, 4) is 0 Å². The van der Waals surface area contributed by atoms with Gasteiger partial charge in [-0.2, -0.15) is 0 Å². The Kier molecular flexibility index (Phi) is 10.5. The van der Waals surface area contributed by atoms with Crippen molar-refractivity contribution >= 4 is 39.1 Å². The summed E-state index contributed by atoms with van der Waals surface area (Å²) in [4.78, 5) is 29.1. The predicted molar refractivity (Wildman–Crippen MR) is 163 cm³/mol. The van der Waals surface area contributed by atoms with Gasteiger partial charge in [0.25, 0.3) is 10.0 Å². The van der Waals surface area contributed by atoms with Crippen LogP contribution in [0.2, 0.25) is 5.02 Å². The molecule has 218 valence electrons. The van der Waals surface area contributed by atoms with Gasteiger partial charge in [0, 0.05) is 17.6 Å². The summed E-state index contributed by atoms with van der Waals surface area (Å²) in [6.45, 7) is 3.27. The first kappa shape index (κ1) is 30.6. The Labute approximate surface area is 248 Å². The van der Waals surface area contributed by atoms with Gasteiger partial charge in [0.2, 0.25) is 11.8 Å². The second kappa shape index (κ2) is 14.0. The SMILES string of the molecule is CCc1ccccc1N(CC(=O)N(Cc1cccc(Cl)c1)[C@H](C)C(=O)NC1CCCCC1)S(=O)(=O)c1ccccc1. The van der Waals surface area contributed by atoms with Crippen LogP contribution in [0.1, 0.15) is 57.1 Å². The first-order valence-corrected chi connectivity index (χ1v) is 16.0. The number of nitrogens with zero attached hydrogens (tertiary/aromatic N) is 2. The Hall–Kier alpha value is -3.36. The van der Waals surface area contributed by atoms with Gasteiger partial charge in [-0.1, -0.05) is 86.3 Å². The molecule has 0 bridgehead atoms. The number of benzene rings is 3. The molecule has 1 saturated carbocycles. The number of carbonyl (C=O) groups is 2. The summed E-state index contributed by atoms with van der Waals surface area (Å²) in [6.07, 6.45) is 5.69. The summed E-state index contributed by atoms with van der Waals surface area (Å²) in [6, 6.07) is 21.6. The van der Waals surface area contributed by atoms with Crippen molar-refractivity contribution in [3.05, 3.63) is 95.0 Å². The third-order valence-corrected chi connectivity index (χ3v) is 9.62. The van der Waals surface area contributed by atoms with Gasteiger partial charge in [-0.15, -0.1) is 0 Å². The number of carbonyl (C=O) groups excluding carboxylic acids is 2. The molecule has 0 heterocycles. The molecule has 0 radical (unpaired) electrons. The summed E-state index contributed by atoms with van der Waals surface area (Å²) < 4.78 is 29.1. The topological polar surface area (TPSA) is 86.8 Å². The van der Waals surface area contributed by atoms with Crippen molar-refractivity contribution in [1.29, 1.82) is 0 Å². The molecule has 0 unspecified atom stereocenters. The minimum Gasteiger partial charge on any atom is -0.352 e. The Morgan fingerprint density at radius 1 is 0.951 bits per heavy atom. The molecular formula is C32H38ClN3O4S. The van der Waals surface area contributed by atoms with E-state index in [1.54, 1.807) is 55.5 Å². The lowest BCUT2D eigenvalue weighted by Gasteiger charge is -2.33. The van der Waals surface area contributed by atoms with Gasteiger partial charge in [0.15, 0.2) is 0 Å². The summed E-state index contributed by atoms with van der Waals surface area (Å²) >= 11 is 6.23. The zero-order valence-corrected chi connectivity index (χ0v) is 25.2. The number of hydrogen-bond donors (Lipinski definition) is 1. The maximum atomic E-state index is 14.1. The number of nitrogens with one attached hydrogen (secondary N) is 1. The molecule has 4 rings (SSSR count). The third-order valence-electron chi connectivity index (χ3n) is 7.61. The fraction of sp³-hybridized carbons (Fsp3) is 0.375. The Morgan fingerprint density at radius 2 is 1.63 bits per heavy atom. The number of amides is 2. The maximum absolute atomic E-state index is 14.1. The number of para-hydroxylation sites is 1. The van der Waals surface area contributed by atoms with E-state index < -0.39 is 28.5 Å². The van der Waals surface area contributed by atoms with Crippen molar-refractivity contribution in [2.24, 2.45) is 0 Å². The van der Waals surface area contributed by atoms with E-state index in [9.17, 15) is 18.0 Å². The lowest BCUT2D eigenvalue weighted by molar-refractivity contribution is -0.139. The van der Waals surface area contributed by atoms with Gasteiger partial charge in [-0.25, -0.2) is 8.42 Å². The molecule has 3 aromatic carbocycles. The van der Waals surface area contributed by atoms with E-state index in [0.29, 0.717) is 17.1 Å². The molecule has 7 nitrogen and oxygen atoms in total. The molecule has 0 spiro atoms. The van der Waals surface area contributed by atoms with E-state index in [1.165, 1.54) is 21.3 Å². The van der Waals surface area contributed by atoms with Crippen molar-refractivity contribution in [2.45, 2.75) is 75.9 Å². The number of hydrogen-bond acceptors (Lipinski definition) is 4. The van der Waals surface area contributed by atoms with E-state index in [4.69, 9.17) is 11.6 Å². The summed E-state index contributed by atoms with van der Waals surface area (Å²) in [7, 11) is -4.10. The predicted octanol–water partition coefficient (Wildman–Crippen LogP) is 5.96. The number of aryl methyl sites for hydroxylation is 1. The second-order valence-corrected chi connectivity index (χ2v) is 12.8. The van der Waals surface area contributed by atoms with Crippen LogP contribution in [0.15, 0.2) is 83.8 Å². The molecule has 41 heavy (non-hydrogen) atoms. The molecular weight excluding hydrogens is 558 g/mol. The van der Waals surface area contributed by atoms with Crippen LogP contribution in [0.3, 0.4) is 0 Å². The van der Waals surface area contributed by atoms with Gasteiger partial charge < -0.3 is 10.2 Å². The molecule has 0 aromatic heterocycles. The average Bonchev–Trinajstić information content (AvgIpc) is 2.99. The molecule has 1 fully saturated rings. The van der Waals surface area contributed by atoms with E-state index in [1.807, 2.05) is 25.1 Å². The number of halogens is 1. The third kappa shape index (κ3) is 7.68. The van der Waals surface area contributed by atoms with Crippen LogP contribution in [-0.4, -0.2) is 43.8 Å². The fourth-order valence-electron chi connectivity index (χ4n) is 5.27. The Bertz CT molecular complexity index is 1440. The van der Waals surface area contributed by atoms with Gasteiger partial charge in [0.1, 0.15) is 12.6 Å². The summed E-state index contributed by atoms with van der Waals surface area (Å²) in [5, 5.41) is 3.63. The average molecular weight is 596 g/mol. The van der Waals surface area contributed by atoms with Gasteiger partial charge in [-0.3, -0.25) is 13.9 Å². The van der Waals surface area contributed by atoms with Crippen molar-refractivity contribution in [3.63, 3.8) is 0 Å². The highest BCUT2D eigenvalue weighted by molar-refractivity contribution is 7.92. The largest absolute Gasteiger partial charge is 0.352 e. The van der Waals surface area contributed by atoms with Crippen LogP contribution >= 0.6 is 11.6 Å². The van der Waals surface area contributed by atoms with Crippen molar-refractivity contribution < 1.29 is 18.0 Å². The molecule has 9 heteroatoms. The normalized spacial score (nSPS) is 14.7. The molecule has 3 aromatic rings. The van der Waals surface area contributed by atoms with Crippen LogP contribution in [-0.2, 0) is 32.6 Å². The Morgan fingerprint density at radius 3 is 2.32 bits per heavy atom. The minimum atomic E-state index is -4.10. The van der Waals surface area contributed by atoms with Crippen molar-refractivity contribution in [2.75, 3.05) is 10.8 Å². The van der Waals surface area contributed by atoms with E-state index >= 15 is 0 Å². The van der Waals surface area contributed by atoms with Gasteiger partial charge in [0.05, 0.1) is 10.6 Å². The monoisotopic (exact) mass is 595 g/mol. The van der Waals surface area contributed by atoms with Crippen LogP contribution in [0.25, 0.3) is 0 Å². The van der Waals surface area contributed by atoms with E-state index in [0.717, 1.165) is 43.2 Å². The lowest BCUT2D eigenvalue weighted by atomic mass is 9.95. The first-order valence-electron chi connectivity index (χ1n) is 14.2. The highest BCUT2D eigenvalue weighted by Crippen LogP contribution is 2.28. The number of anilines is 1. The molecule has 1 aliphatic carbocycles. The zero-order valence-electron chi connectivity index (χ0n) is 23.6. The molecule has 1 N–H and O–H groups in total. The number of rotatable bonds is 11. The van der Waals surface area contributed by atoms with Gasteiger partial charge >= 0.3 is 0 Å². The maximum Gasteiger partial charge on any atom is 0.264 e. The zero-order chi connectivity index (χ0) is 29.4. The van der Waals surface area contributed by atoms with Crippen LogP contribution in [0, 0.1) is 0 Å². The first-order chi connectivity index (χ1) is 19.7. The Balaban J connectivity index is 1.69. The highest BCUT2D eigenvalue weighted by atomic mass is 35.5. The quantitative estimate of drug-likeness (QED) is 0.296. The second-order valence-electron chi connectivity index (χ2n) is 10.5. The van der Waals surface area contributed by atoms with Crippen LogP contribution < -0.4 is 9.62 Å². The van der Waals surface area contributed by atoms with E-state index in [-0.39, 0.29) is 23.4 Å². The highest BCUT2D eigenvalue weighted by Gasteiger charge is 2.33. The van der Waals surface area contributed by atoms with Crippen LogP contribution in [0.4, 0.5) is 5.69 Å². The molecule has 0 saturated heterocycles. The minimum absolute atomic E-state index is 0.0770. The van der Waals surface area contributed by atoms with E-state index in [2.05, 4.69) is 5.32 Å². The molecule has 0 aliphatic heterocycles. The molecule has 2 amide bonds. The van der Waals surface area contributed by atoms with Crippen molar-refractivity contribution in [1.82, 2.24) is 10.2 Å². The molecule has 1 aliphatic rings. The number of sulfonamides is 1. The summed E-state index contributed by atoms with van der Waals surface area (Å²) in [5.41, 5.74) is 1.98. The van der Waals surface area contributed by atoms with Gasteiger partial charge in [-0.05, 0) is 67.6 Å². The smallest absolute Gasteiger partial charge is 0.264 e. The fourth-order valence-corrected chi connectivity index (χ4v) is 6.96. The molecule has 1 atom stereocenters. The van der Waals surface area contributed by atoms with Crippen LogP contribution in [0.5, 0.6) is 0 Å².